The van der Waals surface area contributed by atoms with Crippen molar-refractivity contribution >= 4 is 41.8 Å². The van der Waals surface area contributed by atoms with Crippen LogP contribution in [0, 0.1) is 13.8 Å². The van der Waals surface area contributed by atoms with Crippen molar-refractivity contribution in [2.75, 3.05) is 13.6 Å². The summed E-state index contributed by atoms with van der Waals surface area (Å²) in [6.45, 7) is 6.19. The molecule has 2 aromatic rings. The molecule has 1 atom stereocenters. The van der Waals surface area contributed by atoms with Gasteiger partial charge < -0.3 is 10.6 Å². The predicted octanol–water partition coefficient (Wildman–Crippen LogP) is 1.46. The minimum Gasteiger partial charge on any atom is -0.342 e. The number of hydrogen-bond acceptors (Lipinski definition) is 4. The van der Waals surface area contributed by atoms with E-state index < -0.39 is 0 Å². The smallest absolute Gasteiger partial charge is 0.273 e. The summed E-state index contributed by atoms with van der Waals surface area (Å²) in [5, 5.41) is 3.33. The molecule has 0 fully saturated rings. The number of nitrogens with one attached hydrogen (secondary N) is 1. The van der Waals surface area contributed by atoms with Crippen LogP contribution in [0.5, 0.6) is 0 Å². The second kappa shape index (κ2) is 9.22. The third-order valence-electron chi connectivity index (χ3n) is 4.56. The number of aromatic nitrogens is 3. The highest BCUT2D eigenvalue weighted by molar-refractivity contribution is 5.85. The van der Waals surface area contributed by atoms with Crippen LogP contribution in [0.1, 0.15) is 30.2 Å². The summed E-state index contributed by atoms with van der Waals surface area (Å²) in [4.78, 5) is 30.5. The third kappa shape index (κ3) is 4.54. The molecule has 142 valence electrons. The van der Waals surface area contributed by atoms with E-state index in [9.17, 15) is 9.59 Å². The van der Waals surface area contributed by atoms with Gasteiger partial charge in [0.2, 0.25) is 5.91 Å². The number of halogens is 2. The number of aryl methyl sites for hydroxylation is 3. The summed E-state index contributed by atoms with van der Waals surface area (Å²) < 4.78 is 1.63. The number of aromatic amines is 1. The van der Waals surface area contributed by atoms with E-state index in [1.165, 1.54) is 0 Å². The van der Waals surface area contributed by atoms with Gasteiger partial charge in [-0.3, -0.25) is 19.4 Å². The number of pyridine rings is 1. The Bertz CT molecular complexity index is 800. The molecule has 7 nitrogen and oxygen atoms in total. The number of nitrogens with two attached hydrogens (primary N) is 1. The van der Waals surface area contributed by atoms with Crippen molar-refractivity contribution < 1.29 is 4.79 Å². The molecule has 0 radical (unpaired) electrons. The van der Waals surface area contributed by atoms with Crippen LogP contribution in [0.25, 0.3) is 11.0 Å². The number of H-pyrrole nitrogens is 1. The van der Waals surface area contributed by atoms with Crippen LogP contribution < -0.4 is 11.3 Å². The SMILES string of the molecule is Cc1nc2c(c(C)c1CCC(=O)N(C)C(C)CN)c(=O)[nH]n2C.Cl.Cl. The molecular weight excluding hydrogens is 365 g/mol. The fourth-order valence-electron chi connectivity index (χ4n) is 2.83. The fraction of sp³-hybridized carbons (Fsp3) is 0.562. The molecule has 0 aliphatic rings. The van der Waals surface area contributed by atoms with Crippen molar-refractivity contribution in [3.05, 3.63) is 27.2 Å². The Labute approximate surface area is 159 Å². The molecule has 2 rings (SSSR count). The number of fused-ring (bicyclic) bond motifs is 1. The van der Waals surface area contributed by atoms with Gasteiger partial charge in [0.15, 0.2) is 5.65 Å². The van der Waals surface area contributed by atoms with E-state index >= 15 is 0 Å². The fourth-order valence-corrected chi connectivity index (χ4v) is 2.83. The van der Waals surface area contributed by atoms with E-state index in [1.807, 2.05) is 20.8 Å². The molecular formula is C16H27Cl2N5O2. The van der Waals surface area contributed by atoms with Crippen LogP contribution >= 0.6 is 24.8 Å². The van der Waals surface area contributed by atoms with Crippen molar-refractivity contribution in [2.24, 2.45) is 12.8 Å². The van der Waals surface area contributed by atoms with Crippen LogP contribution in [-0.4, -0.2) is 45.2 Å². The van der Waals surface area contributed by atoms with Gasteiger partial charge in [-0.25, -0.2) is 4.98 Å². The second-order valence-electron chi connectivity index (χ2n) is 6.09. The molecule has 0 saturated heterocycles. The summed E-state index contributed by atoms with van der Waals surface area (Å²) in [6.07, 6.45) is 0.940. The van der Waals surface area contributed by atoms with Gasteiger partial charge in [0.05, 0.1) is 5.39 Å². The van der Waals surface area contributed by atoms with Crippen molar-refractivity contribution in [1.29, 1.82) is 0 Å². The summed E-state index contributed by atoms with van der Waals surface area (Å²) >= 11 is 0. The van der Waals surface area contributed by atoms with Gasteiger partial charge in [-0.2, -0.15) is 0 Å². The maximum Gasteiger partial charge on any atom is 0.273 e. The highest BCUT2D eigenvalue weighted by atomic mass is 35.5. The Morgan fingerprint density at radius 2 is 1.96 bits per heavy atom. The van der Waals surface area contributed by atoms with Crippen molar-refractivity contribution in [1.82, 2.24) is 19.7 Å². The zero-order chi connectivity index (χ0) is 17.3. The first-order chi connectivity index (χ1) is 10.8. The van der Waals surface area contributed by atoms with E-state index in [4.69, 9.17) is 5.73 Å². The van der Waals surface area contributed by atoms with E-state index in [1.54, 1.807) is 23.7 Å². The van der Waals surface area contributed by atoms with Crippen LogP contribution in [0.3, 0.4) is 0 Å². The first-order valence-electron chi connectivity index (χ1n) is 7.78. The topological polar surface area (TPSA) is 97.0 Å². The number of likely N-dealkylation sites (N-methyl/N-ethyl adjacent to an activating group) is 1. The Hall–Kier alpha value is -1.57. The summed E-state index contributed by atoms with van der Waals surface area (Å²) in [7, 11) is 3.53. The zero-order valence-electron chi connectivity index (χ0n) is 15.3. The molecule has 0 spiro atoms. The molecule has 0 bridgehead atoms. The summed E-state index contributed by atoms with van der Waals surface area (Å²) in [6, 6.07) is 0.0160. The molecule has 1 unspecified atom stereocenters. The van der Waals surface area contributed by atoms with Crippen LogP contribution in [0.4, 0.5) is 0 Å². The lowest BCUT2D eigenvalue weighted by Gasteiger charge is -2.24. The lowest BCUT2D eigenvalue weighted by Crippen LogP contribution is -2.39. The molecule has 0 aliphatic heterocycles. The highest BCUT2D eigenvalue weighted by Crippen LogP contribution is 2.21. The molecule has 9 heteroatoms. The number of hydrogen-bond donors (Lipinski definition) is 2. The molecule has 2 heterocycles. The third-order valence-corrected chi connectivity index (χ3v) is 4.56. The van der Waals surface area contributed by atoms with Crippen molar-refractivity contribution in [2.45, 2.75) is 39.7 Å². The Morgan fingerprint density at radius 1 is 1.36 bits per heavy atom. The van der Waals surface area contributed by atoms with Gasteiger partial charge in [-0.05, 0) is 38.3 Å². The normalized spacial score (nSPS) is 11.6. The van der Waals surface area contributed by atoms with Gasteiger partial charge >= 0.3 is 0 Å². The van der Waals surface area contributed by atoms with E-state index in [0.29, 0.717) is 30.4 Å². The quantitative estimate of drug-likeness (QED) is 0.805. The number of carbonyl (C=O) groups excluding carboxylic acids is 1. The van der Waals surface area contributed by atoms with Gasteiger partial charge in [-0.15, -0.1) is 24.8 Å². The number of carbonyl (C=O) groups is 1. The number of rotatable bonds is 5. The lowest BCUT2D eigenvalue weighted by atomic mass is 10.00. The van der Waals surface area contributed by atoms with Gasteiger partial charge in [0, 0.05) is 38.8 Å². The van der Waals surface area contributed by atoms with Crippen molar-refractivity contribution in [3.63, 3.8) is 0 Å². The van der Waals surface area contributed by atoms with E-state index in [2.05, 4.69) is 10.1 Å². The zero-order valence-corrected chi connectivity index (χ0v) is 16.9. The average molecular weight is 392 g/mol. The van der Waals surface area contributed by atoms with E-state index in [0.717, 1.165) is 16.8 Å². The van der Waals surface area contributed by atoms with E-state index in [-0.39, 0.29) is 42.3 Å². The maximum atomic E-state index is 12.3. The molecule has 3 N–H and O–H groups in total. The monoisotopic (exact) mass is 391 g/mol. The maximum absolute atomic E-state index is 12.3. The second-order valence-corrected chi connectivity index (χ2v) is 6.09. The minimum absolute atomic E-state index is 0. The number of nitrogens with zero attached hydrogens (tertiary/aromatic N) is 3. The van der Waals surface area contributed by atoms with Crippen molar-refractivity contribution in [3.8, 4) is 0 Å². The molecule has 1 amide bonds. The largest absolute Gasteiger partial charge is 0.342 e. The van der Waals surface area contributed by atoms with Crippen LogP contribution in [0.2, 0.25) is 0 Å². The Kier molecular flexibility index (Phi) is 8.64. The average Bonchev–Trinajstić information content (AvgIpc) is 2.79. The lowest BCUT2D eigenvalue weighted by molar-refractivity contribution is -0.131. The first-order valence-corrected chi connectivity index (χ1v) is 7.78. The number of amides is 1. The molecule has 0 saturated carbocycles. The predicted molar refractivity (Wildman–Crippen MR) is 105 cm³/mol. The minimum atomic E-state index is -0.144. The van der Waals surface area contributed by atoms with Gasteiger partial charge in [-0.1, -0.05) is 0 Å². The highest BCUT2D eigenvalue weighted by Gasteiger charge is 2.18. The van der Waals surface area contributed by atoms with Crippen LogP contribution in [0.15, 0.2) is 4.79 Å². The Balaban J connectivity index is 0.00000288. The summed E-state index contributed by atoms with van der Waals surface area (Å²) in [5.41, 5.74) is 8.83. The van der Waals surface area contributed by atoms with Crippen LogP contribution in [-0.2, 0) is 18.3 Å². The molecule has 25 heavy (non-hydrogen) atoms. The molecule has 2 aromatic heterocycles. The summed E-state index contributed by atoms with van der Waals surface area (Å²) in [5.74, 6) is 0.0452. The Morgan fingerprint density at radius 3 is 2.52 bits per heavy atom. The van der Waals surface area contributed by atoms with Gasteiger partial charge in [0.1, 0.15) is 0 Å². The first kappa shape index (κ1) is 23.4. The molecule has 0 aliphatic carbocycles. The standard InChI is InChI=1S/C16H25N5O2.2ClH/c1-9(8-17)20(4)13(22)7-6-12-10(2)14-15(18-11(12)3)21(5)19-16(14)23;;/h9H,6-8,17H2,1-5H3,(H,19,23);2*1H. The molecule has 0 aromatic carbocycles. The van der Waals surface area contributed by atoms with Gasteiger partial charge in [0.25, 0.3) is 5.56 Å².